The number of amides is 1. The number of hydrogen-bond donors (Lipinski definition) is 2. The number of carbonyl (C=O) groups is 1. The van der Waals surface area contributed by atoms with Crippen LogP contribution >= 0.6 is 11.6 Å². The second kappa shape index (κ2) is 14.7. The number of aromatic amines is 1. The van der Waals surface area contributed by atoms with Crippen molar-refractivity contribution >= 4 is 49.9 Å². The predicted octanol–water partition coefficient (Wildman–Crippen LogP) is 7.98. The normalized spacial score (nSPS) is 25.6. The van der Waals surface area contributed by atoms with Crippen molar-refractivity contribution in [2.75, 3.05) is 57.4 Å². The van der Waals surface area contributed by atoms with E-state index in [4.69, 9.17) is 25.8 Å². The molecule has 2 aromatic heterocycles. The quantitative estimate of drug-likeness (QED) is 0.0578. The first-order valence-corrected chi connectivity index (χ1v) is 23.1. The molecule has 0 radical (unpaired) electrons. The molecule has 4 saturated carbocycles. The smallest absolute Gasteiger partial charge is 0.312 e. The maximum absolute atomic E-state index is 13.9. The van der Waals surface area contributed by atoms with E-state index >= 15 is 0 Å². The number of nitrogens with one attached hydrogen (secondary N) is 2. The van der Waals surface area contributed by atoms with Crippen molar-refractivity contribution in [3.8, 4) is 17.2 Å². The highest BCUT2D eigenvalue weighted by Gasteiger charge is 2.69. The van der Waals surface area contributed by atoms with E-state index in [1.54, 1.807) is 41.6 Å². The number of fused-ring (bicyclic) bond motifs is 1. The van der Waals surface area contributed by atoms with Gasteiger partial charge in [-0.1, -0.05) is 25.0 Å². The molecular weight excluding hydrogens is 820 g/mol. The van der Waals surface area contributed by atoms with Gasteiger partial charge in [0.25, 0.3) is 15.9 Å². The summed E-state index contributed by atoms with van der Waals surface area (Å²) in [4.78, 5) is 37.2. The van der Waals surface area contributed by atoms with Gasteiger partial charge in [0, 0.05) is 72.4 Å². The number of hydrogen-bond acceptors (Lipinski definition) is 11. The Labute approximate surface area is 360 Å². The Morgan fingerprint density at radius 2 is 1.82 bits per heavy atom. The lowest BCUT2D eigenvalue weighted by atomic mass is 9.39. The van der Waals surface area contributed by atoms with Gasteiger partial charge >= 0.3 is 5.69 Å². The van der Waals surface area contributed by atoms with Crippen molar-refractivity contribution in [1.82, 2.24) is 19.6 Å². The Balaban J connectivity index is 0.852. The van der Waals surface area contributed by atoms with Crippen molar-refractivity contribution in [2.45, 2.75) is 75.0 Å². The SMILES string of the molecule is CC1(C)CCC(CN2CCN(c3ccc(C(=O)NS(=O)(=O)c4ccc(OCC5CC6(COC6)C5)c([N+](=O)[O-])c4)c(Oc4cnc5[nH]ccc5c4)c3)CC2)=C(C23CC(Cl)(C2)C3)C1. The van der Waals surface area contributed by atoms with Crippen LogP contribution in [0.2, 0.25) is 0 Å². The van der Waals surface area contributed by atoms with Crippen molar-refractivity contribution < 1.29 is 32.3 Å². The number of allylic oxidation sites excluding steroid dienone is 1. The summed E-state index contributed by atoms with van der Waals surface area (Å²) in [5, 5.41) is 12.9. The number of ether oxygens (including phenoxy) is 3. The van der Waals surface area contributed by atoms with Gasteiger partial charge in [-0.15, -0.1) is 11.6 Å². The average Bonchev–Trinajstić information content (AvgIpc) is 3.64. The molecular formula is C45H51ClN6O8S. The highest BCUT2D eigenvalue weighted by atomic mass is 35.5. The molecule has 6 fully saturated rings. The lowest BCUT2D eigenvalue weighted by Gasteiger charge is -2.70. The number of benzene rings is 2. The molecule has 4 aromatic rings. The third-order valence-electron chi connectivity index (χ3n) is 14.2. The zero-order valence-corrected chi connectivity index (χ0v) is 36.1. The first-order valence-electron chi connectivity index (χ1n) is 21.3. The number of H-pyrrole nitrogens is 1. The number of halogens is 1. The van der Waals surface area contributed by atoms with Crippen LogP contribution < -0.4 is 19.1 Å². The van der Waals surface area contributed by atoms with Crippen LogP contribution in [0, 0.1) is 32.3 Å². The maximum Gasteiger partial charge on any atom is 0.312 e. The Kier molecular flexibility index (Phi) is 9.73. The number of alkyl halides is 1. The third kappa shape index (κ3) is 7.65. The molecule has 4 heterocycles. The summed E-state index contributed by atoms with van der Waals surface area (Å²) in [7, 11) is -4.57. The standard InChI is InChI=1S/C45H51ClN6O8S/c1-42(2)9-7-31(36(20-42)44-24-45(46,25-44)26-44)22-50-11-13-51(14-12-50)32-3-5-35(39(16-32)60-33-15-30-8-10-47-40(30)48-21-33)41(53)49-61(56,57)34-4-6-38(37(17-34)52(54)55)59-23-29-18-43(19-29)27-58-28-43/h3-6,8,10,15-17,21,29H,7,9,11-14,18-20,22-28H2,1-2H3,(H,47,48)(H,49,53). The molecule has 5 aliphatic carbocycles. The molecule has 14 nitrogen and oxygen atoms in total. The molecule has 0 atom stereocenters. The average molecular weight is 871 g/mol. The number of piperazine rings is 1. The summed E-state index contributed by atoms with van der Waals surface area (Å²) in [5.74, 6) is -0.242. The van der Waals surface area contributed by atoms with Gasteiger partial charge in [0.1, 0.15) is 17.1 Å². The van der Waals surface area contributed by atoms with Gasteiger partial charge in [-0.3, -0.25) is 19.8 Å². The topological polar surface area (TPSA) is 169 Å². The second-order valence-corrected chi connectivity index (χ2v) is 21.9. The second-order valence-electron chi connectivity index (χ2n) is 19.4. The number of rotatable bonds is 13. The number of nitrogens with zero attached hydrogens (tertiary/aromatic N) is 4. The van der Waals surface area contributed by atoms with Crippen LogP contribution in [0.4, 0.5) is 11.4 Å². The number of pyridine rings is 1. The van der Waals surface area contributed by atoms with Gasteiger partial charge in [-0.2, -0.15) is 0 Å². The molecule has 322 valence electrons. The fourth-order valence-electron chi connectivity index (χ4n) is 10.9. The minimum absolute atomic E-state index is 0.0308. The molecule has 2 bridgehead atoms. The summed E-state index contributed by atoms with van der Waals surface area (Å²) in [6.07, 6.45) is 12.0. The van der Waals surface area contributed by atoms with Crippen molar-refractivity contribution in [3.05, 3.63) is 87.7 Å². The van der Waals surface area contributed by atoms with Gasteiger partial charge in [-0.05, 0) is 105 Å². The van der Waals surface area contributed by atoms with Crippen LogP contribution in [0.15, 0.2) is 77.0 Å². The molecule has 2 aliphatic heterocycles. The molecule has 1 spiro atoms. The zero-order valence-electron chi connectivity index (χ0n) is 34.5. The Bertz CT molecular complexity index is 2550. The number of sulfonamides is 1. The van der Waals surface area contributed by atoms with Crippen LogP contribution in [0.5, 0.6) is 17.2 Å². The van der Waals surface area contributed by atoms with Crippen LogP contribution in [0.3, 0.4) is 0 Å². The molecule has 61 heavy (non-hydrogen) atoms. The Morgan fingerprint density at radius 3 is 2.52 bits per heavy atom. The zero-order chi connectivity index (χ0) is 42.4. The molecule has 11 rings (SSSR count). The number of nitro benzene ring substituents is 1. The van der Waals surface area contributed by atoms with E-state index in [1.165, 1.54) is 24.8 Å². The van der Waals surface area contributed by atoms with E-state index in [0.29, 0.717) is 22.2 Å². The lowest BCUT2D eigenvalue weighted by Crippen LogP contribution is -2.65. The third-order valence-corrected chi connectivity index (χ3v) is 15.9. The Morgan fingerprint density at radius 1 is 1.05 bits per heavy atom. The van der Waals surface area contributed by atoms with Crippen molar-refractivity contribution in [2.24, 2.45) is 22.2 Å². The van der Waals surface area contributed by atoms with Crippen LogP contribution in [0.1, 0.15) is 75.6 Å². The summed E-state index contributed by atoms with van der Waals surface area (Å²) >= 11 is 6.74. The molecule has 2 saturated heterocycles. The van der Waals surface area contributed by atoms with Gasteiger partial charge < -0.3 is 24.1 Å². The van der Waals surface area contributed by atoms with E-state index < -0.39 is 31.4 Å². The first kappa shape index (κ1) is 40.4. The number of aromatic nitrogens is 2. The fraction of sp³-hybridized carbons (Fsp3) is 0.511. The fourth-order valence-corrected chi connectivity index (χ4v) is 12.6. The minimum Gasteiger partial charge on any atom is -0.487 e. The summed E-state index contributed by atoms with van der Waals surface area (Å²) < 4.78 is 46.9. The number of anilines is 1. The van der Waals surface area contributed by atoms with Gasteiger partial charge in [0.05, 0.1) is 41.4 Å². The molecule has 2 N–H and O–H groups in total. The summed E-state index contributed by atoms with van der Waals surface area (Å²) in [6.45, 7) is 10.7. The van der Waals surface area contributed by atoms with Crippen LogP contribution in [0.25, 0.3) is 11.0 Å². The van der Waals surface area contributed by atoms with Crippen LogP contribution in [-0.2, 0) is 14.8 Å². The molecule has 7 aliphatic rings. The van der Waals surface area contributed by atoms with Gasteiger partial charge in [-0.25, -0.2) is 18.1 Å². The highest BCUT2D eigenvalue weighted by molar-refractivity contribution is 7.90. The predicted molar refractivity (Wildman–Crippen MR) is 230 cm³/mol. The summed E-state index contributed by atoms with van der Waals surface area (Å²) in [6, 6.07) is 12.1. The number of nitro groups is 1. The van der Waals surface area contributed by atoms with Crippen LogP contribution in [-0.4, -0.2) is 91.5 Å². The van der Waals surface area contributed by atoms with Crippen molar-refractivity contribution in [3.63, 3.8) is 0 Å². The lowest BCUT2D eigenvalue weighted by molar-refractivity contribution is -0.386. The number of carbonyl (C=O) groups excluding carboxylic acids is 1. The van der Waals surface area contributed by atoms with E-state index in [-0.39, 0.29) is 39.9 Å². The van der Waals surface area contributed by atoms with E-state index in [9.17, 15) is 23.3 Å². The van der Waals surface area contributed by atoms with E-state index in [1.807, 2.05) is 6.07 Å². The van der Waals surface area contributed by atoms with E-state index in [2.05, 4.69) is 38.3 Å². The molecule has 1 amide bonds. The summed E-state index contributed by atoms with van der Waals surface area (Å²) in [5.41, 5.74) is 5.10. The molecule has 0 unspecified atom stereocenters. The molecule has 2 aromatic carbocycles. The van der Waals surface area contributed by atoms with Crippen molar-refractivity contribution in [1.29, 1.82) is 0 Å². The minimum atomic E-state index is -4.57. The van der Waals surface area contributed by atoms with Gasteiger partial charge in [0.2, 0.25) is 0 Å². The largest absolute Gasteiger partial charge is 0.487 e. The van der Waals surface area contributed by atoms with E-state index in [0.717, 1.165) is 108 Å². The monoisotopic (exact) mass is 870 g/mol. The Hall–Kier alpha value is -4.70. The molecule has 16 heteroatoms. The first-order chi connectivity index (χ1) is 29.1. The highest BCUT2D eigenvalue weighted by Crippen LogP contribution is 2.75. The maximum atomic E-state index is 13.9. The van der Waals surface area contributed by atoms with Gasteiger partial charge in [0.15, 0.2) is 5.75 Å².